The fourth-order valence-corrected chi connectivity index (χ4v) is 5.30. The van der Waals surface area contributed by atoms with Gasteiger partial charge in [-0.3, -0.25) is 4.79 Å². The molecular formula is C27H35ClN2O2. The third-order valence-corrected chi connectivity index (χ3v) is 7.29. The minimum atomic E-state index is -0.370. The van der Waals surface area contributed by atoms with E-state index in [9.17, 15) is 9.90 Å². The Morgan fingerprint density at radius 2 is 1.91 bits per heavy atom. The first-order valence-corrected chi connectivity index (χ1v) is 12.5. The average molecular weight is 455 g/mol. The van der Waals surface area contributed by atoms with E-state index < -0.39 is 0 Å². The summed E-state index contributed by atoms with van der Waals surface area (Å²) in [6.07, 6.45) is 8.00. The van der Waals surface area contributed by atoms with Crippen molar-refractivity contribution in [1.82, 2.24) is 4.90 Å². The number of anilines is 1. The number of unbranched alkanes of at least 4 members (excludes halogenated alkanes) is 2. The number of rotatable bonds is 10. The Morgan fingerprint density at radius 3 is 2.72 bits per heavy atom. The summed E-state index contributed by atoms with van der Waals surface area (Å²) in [5, 5.41) is 11.2. The van der Waals surface area contributed by atoms with Gasteiger partial charge < -0.3 is 14.9 Å². The van der Waals surface area contributed by atoms with E-state index in [-0.39, 0.29) is 12.0 Å². The van der Waals surface area contributed by atoms with Crippen LogP contribution in [0.2, 0.25) is 5.02 Å². The highest BCUT2D eigenvalue weighted by Crippen LogP contribution is 2.38. The maximum absolute atomic E-state index is 12.9. The van der Waals surface area contributed by atoms with E-state index in [1.807, 2.05) is 18.2 Å². The van der Waals surface area contributed by atoms with Crippen molar-refractivity contribution < 1.29 is 9.90 Å². The summed E-state index contributed by atoms with van der Waals surface area (Å²) >= 11 is 6.24. The predicted molar refractivity (Wildman–Crippen MR) is 132 cm³/mol. The molecule has 2 heterocycles. The van der Waals surface area contributed by atoms with Crippen LogP contribution in [0, 0.1) is 0 Å². The summed E-state index contributed by atoms with van der Waals surface area (Å²) in [4.78, 5) is 17.3. The fourth-order valence-electron chi connectivity index (χ4n) is 5.07. The van der Waals surface area contributed by atoms with Crippen LogP contribution in [-0.4, -0.2) is 48.7 Å². The van der Waals surface area contributed by atoms with Crippen molar-refractivity contribution >= 4 is 23.1 Å². The van der Waals surface area contributed by atoms with Crippen LogP contribution in [0.5, 0.6) is 0 Å². The number of nitrogens with zero attached hydrogens (tertiary/aromatic N) is 2. The van der Waals surface area contributed by atoms with E-state index in [4.69, 9.17) is 11.6 Å². The molecule has 1 N–H and O–H groups in total. The van der Waals surface area contributed by atoms with Crippen LogP contribution in [0.15, 0.2) is 36.4 Å². The number of carbonyl (C=O) groups is 1. The van der Waals surface area contributed by atoms with Crippen LogP contribution in [0.1, 0.15) is 65.6 Å². The van der Waals surface area contributed by atoms with Crippen molar-refractivity contribution in [2.45, 2.75) is 64.0 Å². The molecule has 5 heteroatoms. The average Bonchev–Trinajstić information content (AvgIpc) is 2.80. The van der Waals surface area contributed by atoms with Crippen molar-refractivity contribution in [3.63, 3.8) is 0 Å². The first-order chi connectivity index (χ1) is 15.5. The highest BCUT2D eigenvalue weighted by molar-refractivity contribution is 6.31. The maximum atomic E-state index is 12.9. The first-order valence-electron chi connectivity index (χ1n) is 12.1. The summed E-state index contributed by atoms with van der Waals surface area (Å²) in [6, 6.07) is 12.2. The van der Waals surface area contributed by atoms with Crippen molar-refractivity contribution in [2.24, 2.45) is 0 Å². The molecule has 4 nitrogen and oxygen atoms in total. The molecule has 0 aliphatic carbocycles. The van der Waals surface area contributed by atoms with Gasteiger partial charge in [0.1, 0.15) is 6.23 Å². The fraction of sp³-hybridized carbons (Fsp3) is 0.519. The number of aryl methyl sites for hydroxylation is 2. The van der Waals surface area contributed by atoms with Gasteiger partial charge in [0.05, 0.1) is 0 Å². The SMILES string of the molecule is CN(CCCCCC(=O)c1cc2c3c(c1)CCC(O)N3CCC2)CCc1ccccc1Cl. The molecule has 172 valence electrons. The summed E-state index contributed by atoms with van der Waals surface area (Å²) in [6.45, 7) is 2.95. The van der Waals surface area contributed by atoms with E-state index in [2.05, 4.69) is 35.0 Å². The van der Waals surface area contributed by atoms with E-state index in [1.165, 1.54) is 22.4 Å². The quantitative estimate of drug-likeness (QED) is 0.392. The zero-order valence-corrected chi connectivity index (χ0v) is 19.9. The van der Waals surface area contributed by atoms with Gasteiger partial charge in [0.15, 0.2) is 5.78 Å². The van der Waals surface area contributed by atoms with E-state index >= 15 is 0 Å². The van der Waals surface area contributed by atoms with Crippen LogP contribution in [0.25, 0.3) is 0 Å². The van der Waals surface area contributed by atoms with Gasteiger partial charge in [0.2, 0.25) is 0 Å². The highest BCUT2D eigenvalue weighted by Gasteiger charge is 2.30. The van der Waals surface area contributed by atoms with Gasteiger partial charge >= 0.3 is 0 Å². The zero-order valence-electron chi connectivity index (χ0n) is 19.2. The molecule has 0 spiro atoms. The molecule has 2 aromatic carbocycles. The molecule has 0 amide bonds. The Morgan fingerprint density at radius 1 is 1.12 bits per heavy atom. The van der Waals surface area contributed by atoms with Gasteiger partial charge in [-0.2, -0.15) is 0 Å². The summed E-state index contributed by atoms with van der Waals surface area (Å²) < 4.78 is 0. The molecule has 0 fully saturated rings. The third-order valence-electron chi connectivity index (χ3n) is 6.92. The van der Waals surface area contributed by atoms with Gasteiger partial charge in [-0.05, 0) is 93.4 Å². The number of aliphatic hydroxyl groups excluding tert-OH is 1. The first kappa shape index (κ1) is 23.3. The maximum Gasteiger partial charge on any atom is 0.162 e. The number of ketones is 1. The summed E-state index contributed by atoms with van der Waals surface area (Å²) in [5.41, 5.74) is 5.76. The van der Waals surface area contributed by atoms with Crippen LogP contribution in [-0.2, 0) is 19.3 Å². The largest absolute Gasteiger partial charge is 0.374 e. The van der Waals surface area contributed by atoms with Gasteiger partial charge in [0, 0.05) is 35.8 Å². The molecular weight excluding hydrogens is 420 g/mol. The molecule has 4 rings (SSSR count). The molecule has 2 aliphatic rings. The number of halogens is 1. The Labute approximate surface area is 197 Å². The van der Waals surface area contributed by atoms with Crippen LogP contribution >= 0.6 is 11.6 Å². The molecule has 0 saturated heterocycles. The zero-order chi connectivity index (χ0) is 22.5. The lowest BCUT2D eigenvalue weighted by atomic mass is 9.88. The summed E-state index contributed by atoms with van der Waals surface area (Å²) in [7, 11) is 2.15. The monoisotopic (exact) mass is 454 g/mol. The second kappa shape index (κ2) is 10.8. The third kappa shape index (κ3) is 5.54. The molecule has 1 atom stereocenters. The van der Waals surface area contributed by atoms with Gasteiger partial charge in [-0.1, -0.05) is 36.2 Å². The van der Waals surface area contributed by atoms with Gasteiger partial charge in [-0.25, -0.2) is 0 Å². The number of hydrogen-bond acceptors (Lipinski definition) is 4. The molecule has 0 aromatic heterocycles. The molecule has 2 aliphatic heterocycles. The Hall–Kier alpha value is -1.88. The molecule has 2 aromatic rings. The topological polar surface area (TPSA) is 43.8 Å². The van der Waals surface area contributed by atoms with Crippen LogP contribution in [0.4, 0.5) is 5.69 Å². The second-order valence-electron chi connectivity index (χ2n) is 9.34. The minimum absolute atomic E-state index is 0.263. The second-order valence-corrected chi connectivity index (χ2v) is 9.75. The Balaban J connectivity index is 1.21. The molecule has 1 unspecified atom stereocenters. The van der Waals surface area contributed by atoms with Crippen molar-refractivity contribution in [3.05, 3.63) is 63.7 Å². The number of Topliss-reactive ketones (excluding diaryl/α,β-unsaturated/α-hetero) is 1. The standard InChI is InChI=1S/C27H35ClN2O2/c1-29(17-14-20-8-4-5-10-24(20)28)15-6-2-3-11-25(31)23-18-21-9-7-16-30-26(32)13-12-22(19-23)27(21)30/h4-5,8,10,18-19,26,32H,2-3,6-7,9,11-17H2,1H3. The molecule has 0 radical (unpaired) electrons. The lowest BCUT2D eigenvalue weighted by molar-refractivity contribution is 0.0978. The van der Waals surface area contributed by atoms with Gasteiger partial charge in [-0.15, -0.1) is 0 Å². The number of hydrogen-bond donors (Lipinski definition) is 1. The lowest BCUT2D eigenvalue weighted by Gasteiger charge is -2.40. The van der Waals surface area contributed by atoms with Gasteiger partial charge in [0.25, 0.3) is 0 Å². The predicted octanol–water partition coefficient (Wildman–Crippen LogP) is 5.27. The van der Waals surface area contributed by atoms with Crippen molar-refractivity contribution in [3.8, 4) is 0 Å². The van der Waals surface area contributed by atoms with E-state index in [0.29, 0.717) is 6.42 Å². The molecule has 0 saturated carbocycles. The normalized spacial score (nSPS) is 17.5. The molecule has 32 heavy (non-hydrogen) atoms. The Bertz CT molecular complexity index is 928. The lowest BCUT2D eigenvalue weighted by Crippen LogP contribution is -2.42. The van der Waals surface area contributed by atoms with Crippen molar-refractivity contribution in [2.75, 3.05) is 31.6 Å². The number of aliphatic hydroxyl groups is 1. The summed E-state index contributed by atoms with van der Waals surface area (Å²) in [5.74, 6) is 0.263. The molecule has 0 bridgehead atoms. The number of likely N-dealkylation sites (N-methyl/N-ethyl adjacent to an activating group) is 1. The van der Waals surface area contributed by atoms with Crippen LogP contribution < -0.4 is 4.90 Å². The Kier molecular flexibility index (Phi) is 7.88. The number of benzene rings is 2. The van der Waals surface area contributed by atoms with Crippen LogP contribution in [0.3, 0.4) is 0 Å². The highest BCUT2D eigenvalue weighted by atomic mass is 35.5. The number of carbonyl (C=O) groups excluding carboxylic acids is 1. The van der Waals surface area contributed by atoms with E-state index in [0.717, 1.165) is 81.6 Å². The minimum Gasteiger partial charge on any atom is -0.374 e. The smallest absolute Gasteiger partial charge is 0.162 e. The van der Waals surface area contributed by atoms with Crippen molar-refractivity contribution in [1.29, 1.82) is 0 Å². The van der Waals surface area contributed by atoms with E-state index in [1.54, 1.807) is 0 Å².